The van der Waals surface area contributed by atoms with E-state index in [0.717, 1.165) is 31.8 Å². The minimum absolute atomic E-state index is 0.0893. The summed E-state index contributed by atoms with van der Waals surface area (Å²) in [5, 5.41) is 0. The molecule has 8 nitrogen and oxygen atoms in total. The third-order valence-corrected chi connectivity index (χ3v) is 6.05. The molecular formula is C24H28N2O6. The van der Waals surface area contributed by atoms with Crippen LogP contribution in [0.1, 0.15) is 42.5 Å². The van der Waals surface area contributed by atoms with Crippen LogP contribution in [-0.4, -0.2) is 50.7 Å². The quantitative estimate of drug-likeness (QED) is 0.586. The highest BCUT2D eigenvalue weighted by Crippen LogP contribution is 2.37. The molecule has 2 aliphatic heterocycles. The maximum Gasteiger partial charge on any atom is 0.266 e. The van der Waals surface area contributed by atoms with Crippen molar-refractivity contribution in [1.82, 2.24) is 4.98 Å². The van der Waals surface area contributed by atoms with Crippen LogP contribution in [0.15, 0.2) is 30.5 Å². The van der Waals surface area contributed by atoms with Crippen molar-refractivity contribution in [2.75, 3.05) is 38.6 Å². The lowest BCUT2D eigenvalue weighted by molar-refractivity contribution is 0.0661. The molecule has 1 unspecified atom stereocenters. The van der Waals surface area contributed by atoms with E-state index in [1.807, 2.05) is 12.1 Å². The van der Waals surface area contributed by atoms with E-state index in [1.54, 1.807) is 24.1 Å². The van der Waals surface area contributed by atoms with E-state index in [1.165, 1.54) is 19.0 Å². The Labute approximate surface area is 187 Å². The molecule has 3 heterocycles. The van der Waals surface area contributed by atoms with E-state index in [4.69, 9.17) is 23.7 Å². The van der Waals surface area contributed by atoms with Crippen LogP contribution in [0.5, 0.6) is 23.1 Å². The number of aromatic nitrogens is 1. The first kappa shape index (κ1) is 20.9. The number of amides is 1. The molecule has 1 aliphatic carbocycles. The molecule has 0 bridgehead atoms. The van der Waals surface area contributed by atoms with E-state index in [-0.39, 0.29) is 18.7 Å². The summed E-state index contributed by atoms with van der Waals surface area (Å²) in [5.41, 5.74) is 1.06. The largest absolute Gasteiger partial charge is 0.493 e. The lowest BCUT2D eigenvalue weighted by atomic mass is 10.1. The molecule has 2 fully saturated rings. The molecule has 0 spiro atoms. The van der Waals surface area contributed by atoms with E-state index >= 15 is 0 Å². The third-order valence-electron chi connectivity index (χ3n) is 6.05. The first-order valence-electron chi connectivity index (χ1n) is 11.2. The van der Waals surface area contributed by atoms with Gasteiger partial charge in [-0.05, 0) is 37.3 Å². The number of nitrogens with zero attached hydrogens (tertiary/aromatic N) is 2. The standard InChI is InChI=1S/C24H28N2O6/c1-28-22-11-17(6-7-20(22)30-10-8-16-4-5-16)26-15-32-21-12-23(25-13-19(21)24(26)27)31-14-18-3-2-9-29-18/h6-7,11-13,16,18H,2-5,8-10,14-15H2,1H3. The Kier molecular flexibility index (Phi) is 6.03. The lowest BCUT2D eigenvalue weighted by Crippen LogP contribution is -2.38. The third kappa shape index (κ3) is 4.60. The number of anilines is 1. The number of methoxy groups -OCH3 is 1. The summed E-state index contributed by atoms with van der Waals surface area (Å²) in [6.45, 7) is 1.98. The van der Waals surface area contributed by atoms with Gasteiger partial charge in [-0.3, -0.25) is 9.69 Å². The smallest absolute Gasteiger partial charge is 0.266 e. The summed E-state index contributed by atoms with van der Waals surface area (Å²) in [5.74, 6) is 2.78. The van der Waals surface area contributed by atoms with E-state index in [2.05, 4.69) is 4.98 Å². The maximum atomic E-state index is 13.1. The van der Waals surface area contributed by atoms with Gasteiger partial charge in [-0.15, -0.1) is 0 Å². The van der Waals surface area contributed by atoms with Gasteiger partial charge < -0.3 is 23.7 Å². The van der Waals surface area contributed by atoms with Gasteiger partial charge in [0.25, 0.3) is 5.91 Å². The number of rotatable bonds is 9. The minimum Gasteiger partial charge on any atom is -0.493 e. The molecule has 1 amide bonds. The van der Waals surface area contributed by atoms with E-state index in [0.29, 0.717) is 47.6 Å². The second kappa shape index (κ2) is 9.24. The SMILES string of the molecule is COc1cc(N2COc3cc(OCC4CCCO4)ncc3C2=O)ccc1OCCC1CC1. The van der Waals surface area contributed by atoms with Crippen molar-refractivity contribution in [3.63, 3.8) is 0 Å². The zero-order valence-corrected chi connectivity index (χ0v) is 18.2. The first-order chi connectivity index (χ1) is 15.7. The van der Waals surface area contributed by atoms with Gasteiger partial charge in [-0.25, -0.2) is 4.98 Å². The molecule has 0 radical (unpaired) electrons. The Hall–Kier alpha value is -3.00. The number of pyridine rings is 1. The van der Waals surface area contributed by atoms with Crippen LogP contribution >= 0.6 is 0 Å². The van der Waals surface area contributed by atoms with Gasteiger partial charge in [0.05, 0.1) is 25.5 Å². The molecule has 170 valence electrons. The van der Waals surface area contributed by atoms with Crippen molar-refractivity contribution in [3.05, 3.63) is 36.0 Å². The molecule has 3 aliphatic rings. The molecule has 1 aromatic heterocycles. The highest BCUT2D eigenvalue weighted by Gasteiger charge is 2.29. The van der Waals surface area contributed by atoms with Crippen LogP contribution in [0.3, 0.4) is 0 Å². The Balaban J connectivity index is 1.26. The van der Waals surface area contributed by atoms with E-state index < -0.39 is 0 Å². The number of carbonyl (C=O) groups excluding carboxylic acids is 1. The second-order valence-corrected chi connectivity index (χ2v) is 8.39. The van der Waals surface area contributed by atoms with Crippen LogP contribution in [-0.2, 0) is 4.74 Å². The van der Waals surface area contributed by atoms with Crippen molar-refractivity contribution < 1.29 is 28.5 Å². The molecule has 0 N–H and O–H groups in total. The van der Waals surface area contributed by atoms with Crippen LogP contribution in [0.4, 0.5) is 5.69 Å². The number of carbonyl (C=O) groups is 1. The van der Waals surface area contributed by atoms with Gasteiger partial charge >= 0.3 is 0 Å². The minimum atomic E-state index is -0.186. The average Bonchev–Trinajstić information content (AvgIpc) is 3.49. The Morgan fingerprint density at radius 1 is 1.16 bits per heavy atom. The zero-order chi connectivity index (χ0) is 21.9. The maximum absolute atomic E-state index is 13.1. The highest BCUT2D eigenvalue weighted by molar-refractivity contribution is 6.08. The molecule has 1 aromatic carbocycles. The normalized spacial score (nSPS) is 20.0. The van der Waals surface area contributed by atoms with Crippen LogP contribution in [0.25, 0.3) is 0 Å². The summed E-state index contributed by atoms with van der Waals surface area (Å²) in [6.07, 6.45) is 7.31. The summed E-state index contributed by atoms with van der Waals surface area (Å²) >= 11 is 0. The predicted molar refractivity (Wildman–Crippen MR) is 117 cm³/mol. The Morgan fingerprint density at radius 2 is 2.06 bits per heavy atom. The number of benzene rings is 1. The molecular weight excluding hydrogens is 412 g/mol. The van der Waals surface area contributed by atoms with Gasteiger partial charge in [0.15, 0.2) is 18.2 Å². The number of ether oxygens (including phenoxy) is 5. The molecule has 1 saturated heterocycles. The van der Waals surface area contributed by atoms with Gasteiger partial charge in [0.1, 0.15) is 17.9 Å². The van der Waals surface area contributed by atoms with Crippen molar-refractivity contribution in [3.8, 4) is 23.1 Å². The van der Waals surface area contributed by atoms with Crippen LogP contribution in [0.2, 0.25) is 0 Å². The molecule has 8 heteroatoms. The molecule has 1 saturated carbocycles. The van der Waals surface area contributed by atoms with Crippen molar-refractivity contribution in [2.24, 2.45) is 5.92 Å². The topological polar surface area (TPSA) is 79.4 Å². The predicted octanol–water partition coefficient (Wildman–Crippen LogP) is 3.82. The second-order valence-electron chi connectivity index (χ2n) is 8.39. The fourth-order valence-electron chi connectivity index (χ4n) is 3.95. The zero-order valence-electron chi connectivity index (χ0n) is 18.2. The molecule has 32 heavy (non-hydrogen) atoms. The summed E-state index contributed by atoms with van der Waals surface area (Å²) in [4.78, 5) is 18.9. The van der Waals surface area contributed by atoms with Crippen molar-refractivity contribution in [2.45, 2.75) is 38.2 Å². The van der Waals surface area contributed by atoms with Gasteiger partial charge in [-0.1, -0.05) is 12.8 Å². The molecule has 1 atom stereocenters. The highest BCUT2D eigenvalue weighted by atomic mass is 16.5. The summed E-state index contributed by atoms with van der Waals surface area (Å²) in [6, 6.07) is 7.14. The summed E-state index contributed by atoms with van der Waals surface area (Å²) in [7, 11) is 1.60. The van der Waals surface area contributed by atoms with Crippen molar-refractivity contribution >= 4 is 11.6 Å². The molecule has 5 rings (SSSR count). The fourth-order valence-corrected chi connectivity index (χ4v) is 3.95. The number of fused-ring (bicyclic) bond motifs is 1. The molecule has 2 aromatic rings. The van der Waals surface area contributed by atoms with Gasteiger partial charge in [0.2, 0.25) is 5.88 Å². The average molecular weight is 440 g/mol. The van der Waals surface area contributed by atoms with Crippen LogP contribution in [0, 0.1) is 5.92 Å². The monoisotopic (exact) mass is 440 g/mol. The van der Waals surface area contributed by atoms with Crippen LogP contribution < -0.4 is 23.8 Å². The Morgan fingerprint density at radius 3 is 2.84 bits per heavy atom. The summed E-state index contributed by atoms with van der Waals surface area (Å²) < 4.78 is 28.5. The number of hydrogen-bond donors (Lipinski definition) is 0. The number of hydrogen-bond acceptors (Lipinski definition) is 7. The Bertz CT molecular complexity index is 971. The first-order valence-corrected chi connectivity index (χ1v) is 11.2. The lowest BCUT2D eigenvalue weighted by Gasteiger charge is -2.29. The van der Waals surface area contributed by atoms with Gasteiger partial charge in [0, 0.05) is 24.9 Å². The van der Waals surface area contributed by atoms with E-state index in [9.17, 15) is 4.79 Å². The van der Waals surface area contributed by atoms with Crippen molar-refractivity contribution in [1.29, 1.82) is 0 Å². The fraction of sp³-hybridized carbons (Fsp3) is 0.500. The van der Waals surface area contributed by atoms with Gasteiger partial charge in [-0.2, -0.15) is 0 Å².